The van der Waals surface area contributed by atoms with Crippen molar-refractivity contribution in [2.24, 2.45) is 0 Å². The SMILES string of the molecule is CNc1nc(-c2ccc(C(=O)OC(C)(C)C)cc2)ccc1C(=O)O. The number of nitrogens with one attached hydrogen (secondary N) is 1. The van der Waals surface area contributed by atoms with Crippen LogP contribution in [0.3, 0.4) is 0 Å². The molecule has 0 saturated heterocycles. The molecule has 0 spiro atoms. The van der Waals surface area contributed by atoms with Gasteiger partial charge in [0.1, 0.15) is 17.0 Å². The van der Waals surface area contributed by atoms with Crippen LogP contribution in [0.2, 0.25) is 0 Å². The fraction of sp³-hybridized carbons (Fsp3) is 0.278. The number of carboxylic acid groups (broad SMARTS) is 1. The van der Waals surface area contributed by atoms with E-state index in [9.17, 15) is 9.59 Å². The maximum Gasteiger partial charge on any atom is 0.339 e. The summed E-state index contributed by atoms with van der Waals surface area (Å²) in [6.07, 6.45) is 0. The van der Waals surface area contributed by atoms with Gasteiger partial charge in [0, 0.05) is 12.6 Å². The number of aromatic nitrogens is 1. The average molecular weight is 328 g/mol. The van der Waals surface area contributed by atoms with Gasteiger partial charge in [0.15, 0.2) is 0 Å². The Balaban J connectivity index is 2.28. The first-order chi connectivity index (χ1) is 11.2. The van der Waals surface area contributed by atoms with E-state index in [2.05, 4.69) is 10.3 Å². The van der Waals surface area contributed by atoms with Crippen molar-refractivity contribution in [2.45, 2.75) is 26.4 Å². The van der Waals surface area contributed by atoms with Crippen molar-refractivity contribution >= 4 is 17.8 Å². The lowest BCUT2D eigenvalue weighted by molar-refractivity contribution is 0.00693. The lowest BCUT2D eigenvalue weighted by Gasteiger charge is -2.19. The summed E-state index contributed by atoms with van der Waals surface area (Å²) >= 11 is 0. The first-order valence-corrected chi connectivity index (χ1v) is 7.47. The summed E-state index contributed by atoms with van der Waals surface area (Å²) in [5.74, 6) is -1.14. The molecule has 1 heterocycles. The number of esters is 1. The van der Waals surface area contributed by atoms with Crippen molar-refractivity contribution in [3.8, 4) is 11.3 Å². The first-order valence-electron chi connectivity index (χ1n) is 7.47. The van der Waals surface area contributed by atoms with Gasteiger partial charge in [0.2, 0.25) is 0 Å². The zero-order valence-corrected chi connectivity index (χ0v) is 14.1. The Morgan fingerprint density at radius 3 is 2.21 bits per heavy atom. The molecular weight excluding hydrogens is 308 g/mol. The van der Waals surface area contributed by atoms with Crippen LogP contribution >= 0.6 is 0 Å². The predicted molar refractivity (Wildman–Crippen MR) is 91.3 cm³/mol. The topological polar surface area (TPSA) is 88.5 Å². The summed E-state index contributed by atoms with van der Waals surface area (Å²) < 4.78 is 5.32. The standard InChI is InChI=1S/C18H20N2O4/c1-18(2,3)24-17(23)12-7-5-11(6-8-12)14-10-9-13(16(21)22)15(19-4)20-14/h5-10H,1-4H3,(H,19,20)(H,21,22). The van der Waals surface area contributed by atoms with Crippen LogP contribution < -0.4 is 5.32 Å². The van der Waals surface area contributed by atoms with Gasteiger partial charge in [0.25, 0.3) is 0 Å². The van der Waals surface area contributed by atoms with E-state index >= 15 is 0 Å². The van der Waals surface area contributed by atoms with E-state index in [4.69, 9.17) is 9.84 Å². The minimum atomic E-state index is -1.04. The van der Waals surface area contributed by atoms with Crippen LogP contribution in [0, 0.1) is 0 Å². The molecule has 2 rings (SSSR count). The molecule has 2 N–H and O–H groups in total. The fourth-order valence-electron chi connectivity index (χ4n) is 2.10. The zero-order valence-electron chi connectivity index (χ0n) is 14.1. The maximum absolute atomic E-state index is 12.0. The Hall–Kier alpha value is -2.89. The van der Waals surface area contributed by atoms with Crippen LogP contribution in [-0.2, 0) is 4.74 Å². The highest BCUT2D eigenvalue weighted by Crippen LogP contribution is 2.23. The number of carbonyl (C=O) groups excluding carboxylic acids is 1. The molecule has 0 fully saturated rings. The largest absolute Gasteiger partial charge is 0.478 e. The third-order valence-electron chi connectivity index (χ3n) is 3.18. The normalized spacial score (nSPS) is 11.0. The molecule has 0 amide bonds. The Bertz CT molecular complexity index is 762. The highest BCUT2D eigenvalue weighted by molar-refractivity contribution is 5.94. The second kappa shape index (κ2) is 6.70. The first kappa shape index (κ1) is 17.5. The summed E-state index contributed by atoms with van der Waals surface area (Å²) in [6, 6.07) is 9.96. The van der Waals surface area contributed by atoms with Crippen molar-refractivity contribution in [1.82, 2.24) is 4.98 Å². The lowest BCUT2D eigenvalue weighted by Crippen LogP contribution is -2.23. The number of carboxylic acids is 1. The number of aromatic carboxylic acids is 1. The molecule has 0 aliphatic carbocycles. The monoisotopic (exact) mass is 328 g/mol. The van der Waals surface area contributed by atoms with Gasteiger partial charge < -0.3 is 15.2 Å². The zero-order chi connectivity index (χ0) is 17.9. The second-order valence-electron chi connectivity index (χ2n) is 6.23. The molecule has 1 aromatic heterocycles. The van der Waals surface area contributed by atoms with Crippen LogP contribution in [0.4, 0.5) is 5.82 Å². The number of nitrogens with zero attached hydrogens (tertiary/aromatic N) is 1. The quantitative estimate of drug-likeness (QED) is 0.836. The smallest absolute Gasteiger partial charge is 0.339 e. The van der Waals surface area contributed by atoms with E-state index in [1.54, 1.807) is 37.4 Å². The van der Waals surface area contributed by atoms with Crippen molar-refractivity contribution in [3.05, 3.63) is 47.5 Å². The number of carbonyl (C=O) groups is 2. The summed E-state index contributed by atoms with van der Waals surface area (Å²) in [7, 11) is 1.62. The molecule has 126 valence electrons. The molecule has 6 nitrogen and oxygen atoms in total. The molecule has 0 atom stereocenters. The second-order valence-corrected chi connectivity index (χ2v) is 6.23. The number of benzene rings is 1. The molecule has 0 unspecified atom stereocenters. The molecular formula is C18H20N2O4. The van der Waals surface area contributed by atoms with Gasteiger partial charge in [-0.25, -0.2) is 14.6 Å². The highest BCUT2D eigenvalue weighted by atomic mass is 16.6. The van der Waals surface area contributed by atoms with Gasteiger partial charge in [-0.1, -0.05) is 12.1 Å². The molecule has 0 radical (unpaired) electrons. The Morgan fingerprint density at radius 1 is 1.08 bits per heavy atom. The molecule has 0 bridgehead atoms. The highest BCUT2D eigenvalue weighted by Gasteiger charge is 2.18. The molecule has 0 saturated carbocycles. The summed E-state index contributed by atoms with van der Waals surface area (Å²) in [4.78, 5) is 27.5. The van der Waals surface area contributed by atoms with Crippen molar-refractivity contribution in [1.29, 1.82) is 0 Å². The van der Waals surface area contributed by atoms with Gasteiger partial charge in [-0.2, -0.15) is 0 Å². The third kappa shape index (κ3) is 4.10. The van der Waals surface area contributed by atoms with Crippen LogP contribution in [-0.4, -0.2) is 34.7 Å². The number of hydrogen-bond donors (Lipinski definition) is 2. The van der Waals surface area contributed by atoms with Crippen molar-refractivity contribution in [2.75, 3.05) is 12.4 Å². The molecule has 24 heavy (non-hydrogen) atoms. The van der Waals surface area contributed by atoms with Gasteiger partial charge in [-0.05, 0) is 45.0 Å². The van der Waals surface area contributed by atoms with Gasteiger partial charge in [-0.3, -0.25) is 0 Å². The number of pyridine rings is 1. The summed E-state index contributed by atoms with van der Waals surface area (Å²) in [5.41, 5.74) is 1.39. The maximum atomic E-state index is 12.0. The lowest BCUT2D eigenvalue weighted by atomic mass is 10.1. The molecule has 0 aliphatic rings. The van der Waals surface area contributed by atoms with E-state index in [-0.39, 0.29) is 17.4 Å². The molecule has 0 aliphatic heterocycles. The summed E-state index contributed by atoms with van der Waals surface area (Å²) in [5, 5.41) is 11.9. The molecule has 1 aromatic carbocycles. The minimum absolute atomic E-state index is 0.103. The van der Waals surface area contributed by atoms with Crippen LogP contribution in [0.15, 0.2) is 36.4 Å². The minimum Gasteiger partial charge on any atom is -0.478 e. The van der Waals surface area contributed by atoms with E-state index in [0.29, 0.717) is 11.3 Å². The number of rotatable bonds is 4. The number of ether oxygens (including phenoxy) is 1. The fourth-order valence-corrected chi connectivity index (χ4v) is 2.10. The van der Waals surface area contributed by atoms with E-state index in [1.807, 2.05) is 20.8 Å². The Labute approximate surface area is 140 Å². The van der Waals surface area contributed by atoms with Crippen LogP contribution in [0.25, 0.3) is 11.3 Å². The van der Waals surface area contributed by atoms with E-state index in [0.717, 1.165) is 5.56 Å². The predicted octanol–water partition coefficient (Wildman–Crippen LogP) is 3.44. The van der Waals surface area contributed by atoms with Gasteiger partial charge in [-0.15, -0.1) is 0 Å². The average Bonchev–Trinajstić information content (AvgIpc) is 2.52. The summed E-state index contributed by atoms with van der Waals surface area (Å²) in [6.45, 7) is 5.44. The molecule has 6 heteroatoms. The van der Waals surface area contributed by atoms with Crippen LogP contribution in [0.1, 0.15) is 41.5 Å². The van der Waals surface area contributed by atoms with Gasteiger partial charge >= 0.3 is 11.9 Å². The van der Waals surface area contributed by atoms with Crippen molar-refractivity contribution in [3.63, 3.8) is 0 Å². The Kier molecular flexibility index (Phi) is 4.87. The number of anilines is 1. The van der Waals surface area contributed by atoms with Gasteiger partial charge in [0.05, 0.1) is 11.3 Å². The molecule has 2 aromatic rings. The van der Waals surface area contributed by atoms with Crippen LogP contribution in [0.5, 0.6) is 0 Å². The van der Waals surface area contributed by atoms with E-state index in [1.165, 1.54) is 6.07 Å². The van der Waals surface area contributed by atoms with E-state index < -0.39 is 11.6 Å². The van der Waals surface area contributed by atoms with Crippen molar-refractivity contribution < 1.29 is 19.4 Å². The number of hydrogen-bond acceptors (Lipinski definition) is 5. The third-order valence-corrected chi connectivity index (χ3v) is 3.18. The Morgan fingerprint density at radius 2 is 1.71 bits per heavy atom.